The molecule has 0 aliphatic heterocycles. The molecule has 0 heterocycles. The number of hydrogen-bond donors (Lipinski definition) is 3. The van der Waals surface area contributed by atoms with Crippen molar-refractivity contribution in [2.24, 2.45) is 10.9 Å². The van der Waals surface area contributed by atoms with Gasteiger partial charge < -0.3 is 15.8 Å². The van der Waals surface area contributed by atoms with Gasteiger partial charge in [-0.3, -0.25) is 9.79 Å². The van der Waals surface area contributed by atoms with Crippen molar-refractivity contribution in [3.8, 4) is 0 Å². The molecule has 122 valence electrons. The Morgan fingerprint density at radius 2 is 2.09 bits per heavy atom. The Labute approximate surface area is 136 Å². The van der Waals surface area contributed by atoms with Gasteiger partial charge in [-0.1, -0.05) is 37.6 Å². The topological polar surface area (TPSA) is 85.5 Å². The molecule has 0 atom stereocenters. The molecule has 0 aromatic heterocycles. The minimum atomic E-state index is -0.341. The van der Waals surface area contributed by atoms with E-state index >= 15 is 0 Å². The number of nitrogens with zero attached hydrogens (tertiary/aromatic N) is 1. The fourth-order valence-electron chi connectivity index (χ4n) is 2.48. The summed E-state index contributed by atoms with van der Waals surface area (Å²) < 4.78 is 0. The van der Waals surface area contributed by atoms with Crippen LogP contribution >= 0.6 is 11.8 Å². The van der Waals surface area contributed by atoms with Crippen LogP contribution < -0.4 is 5.32 Å². The van der Waals surface area contributed by atoms with Gasteiger partial charge in [0.15, 0.2) is 0 Å². The van der Waals surface area contributed by atoms with Gasteiger partial charge in [0.1, 0.15) is 5.76 Å². The van der Waals surface area contributed by atoms with Gasteiger partial charge in [0.2, 0.25) is 5.91 Å². The van der Waals surface area contributed by atoms with Crippen molar-refractivity contribution in [1.82, 2.24) is 5.32 Å². The normalized spacial score (nSPS) is 17.2. The molecule has 0 aromatic carbocycles. The molecule has 0 saturated heterocycles. The Hall–Kier alpha value is -1.56. The van der Waals surface area contributed by atoms with E-state index in [0.717, 1.165) is 17.9 Å². The molecule has 5 nitrogen and oxygen atoms in total. The lowest BCUT2D eigenvalue weighted by atomic mass is 9.90. The highest BCUT2D eigenvalue weighted by atomic mass is 32.2. The maximum atomic E-state index is 11.8. The Kier molecular flexibility index (Phi) is 7.95. The predicted molar refractivity (Wildman–Crippen MR) is 93.5 cm³/mol. The second-order valence-corrected chi connectivity index (χ2v) is 6.58. The van der Waals surface area contributed by atoms with Crippen LogP contribution in [0.4, 0.5) is 0 Å². The largest absolute Gasteiger partial charge is 0.512 e. The summed E-state index contributed by atoms with van der Waals surface area (Å²) in [5.41, 5.74) is 0.205. The summed E-state index contributed by atoms with van der Waals surface area (Å²) in [7, 11) is 1.77. The van der Waals surface area contributed by atoms with E-state index < -0.39 is 0 Å². The summed E-state index contributed by atoms with van der Waals surface area (Å²) in [4.78, 5) is 16.1. The number of carbonyl (C=O) groups excluding carboxylic acids is 1. The molecule has 1 aliphatic carbocycles. The zero-order valence-electron chi connectivity index (χ0n) is 13.3. The quantitative estimate of drug-likeness (QED) is 0.395. The highest BCUT2D eigenvalue weighted by Crippen LogP contribution is 2.30. The highest BCUT2D eigenvalue weighted by Gasteiger charge is 2.20. The molecule has 3 N–H and O–H groups in total. The Morgan fingerprint density at radius 3 is 2.64 bits per heavy atom. The van der Waals surface area contributed by atoms with E-state index in [4.69, 9.17) is 5.41 Å². The van der Waals surface area contributed by atoms with Crippen LogP contribution in [0.25, 0.3) is 0 Å². The Balaban J connectivity index is 2.47. The summed E-state index contributed by atoms with van der Waals surface area (Å²) in [6.45, 7) is 5.39. The lowest BCUT2D eigenvalue weighted by molar-refractivity contribution is -0.120. The first-order chi connectivity index (χ1) is 10.4. The van der Waals surface area contributed by atoms with E-state index in [-0.39, 0.29) is 23.8 Å². The number of nitrogens with one attached hydrogen (secondary N) is 2. The Bertz CT molecular complexity index is 492. The van der Waals surface area contributed by atoms with Crippen LogP contribution in [0.1, 0.15) is 45.4 Å². The van der Waals surface area contributed by atoms with Gasteiger partial charge in [-0.2, -0.15) is 0 Å². The lowest BCUT2D eigenvalue weighted by Gasteiger charge is -2.23. The van der Waals surface area contributed by atoms with Crippen molar-refractivity contribution < 1.29 is 9.90 Å². The van der Waals surface area contributed by atoms with Crippen molar-refractivity contribution in [3.63, 3.8) is 0 Å². The number of aliphatic hydroxyl groups is 1. The van der Waals surface area contributed by atoms with Gasteiger partial charge in [0.25, 0.3) is 0 Å². The number of aliphatic hydroxyl groups excluding tert-OH is 1. The summed E-state index contributed by atoms with van der Waals surface area (Å²) in [5.74, 6) is -0.00248. The molecule has 0 radical (unpaired) electrons. The SMILES string of the molecule is C=C(NC(=O)C/C(O)=C/C(C)=N)S/C(=N\C)C1CCCCC1. The molecule has 0 bridgehead atoms. The van der Waals surface area contributed by atoms with Crippen LogP contribution in [0.15, 0.2) is 28.4 Å². The number of thioether (sulfide) groups is 1. The van der Waals surface area contributed by atoms with Crippen molar-refractivity contribution in [1.29, 1.82) is 5.41 Å². The molecule has 1 rings (SSSR count). The number of rotatable bonds is 6. The zero-order valence-corrected chi connectivity index (χ0v) is 14.1. The van der Waals surface area contributed by atoms with Crippen molar-refractivity contribution >= 4 is 28.4 Å². The molecule has 1 fully saturated rings. The maximum absolute atomic E-state index is 11.8. The summed E-state index contributed by atoms with van der Waals surface area (Å²) >= 11 is 1.40. The molecular weight excluding hydrogens is 298 g/mol. The van der Waals surface area contributed by atoms with Crippen LogP contribution in [0, 0.1) is 11.3 Å². The van der Waals surface area contributed by atoms with E-state index in [9.17, 15) is 9.90 Å². The van der Waals surface area contributed by atoms with Crippen LogP contribution in [-0.2, 0) is 4.79 Å². The minimum absolute atomic E-state index is 0.125. The monoisotopic (exact) mass is 323 g/mol. The molecule has 0 unspecified atom stereocenters. The third-order valence-electron chi connectivity index (χ3n) is 3.41. The van der Waals surface area contributed by atoms with E-state index in [2.05, 4.69) is 16.9 Å². The first-order valence-electron chi connectivity index (χ1n) is 7.50. The summed E-state index contributed by atoms with van der Waals surface area (Å²) in [5, 5.41) is 21.0. The fraction of sp³-hybridized carbons (Fsp3) is 0.562. The van der Waals surface area contributed by atoms with Crippen LogP contribution in [-0.4, -0.2) is 28.8 Å². The van der Waals surface area contributed by atoms with Crippen LogP contribution in [0.2, 0.25) is 0 Å². The Morgan fingerprint density at radius 1 is 1.45 bits per heavy atom. The standard InChI is InChI=1S/C16H25N3O2S/c1-11(17)9-14(20)10-15(21)19-12(2)22-16(18-3)13-7-5-4-6-8-13/h9,13,17,20H,2,4-8,10H2,1,3H3,(H,19,21)/b14-9-,17-11?,18-16-. The first kappa shape index (κ1) is 18.5. The number of hydrogen-bond acceptors (Lipinski definition) is 5. The number of aliphatic imine (C=N–C) groups is 1. The van der Waals surface area contributed by atoms with Gasteiger partial charge in [-0.25, -0.2) is 0 Å². The molecule has 1 amide bonds. The van der Waals surface area contributed by atoms with Crippen molar-refractivity contribution in [2.45, 2.75) is 45.4 Å². The first-order valence-corrected chi connectivity index (χ1v) is 8.32. The maximum Gasteiger partial charge on any atom is 0.232 e. The summed E-state index contributed by atoms with van der Waals surface area (Å²) in [6.07, 6.45) is 7.13. The molecule has 1 saturated carbocycles. The third-order valence-corrected chi connectivity index (χ3v) is 4.48. The smallest absolute Gasteiger partial charge is 0.232 e. The average molecular weight is 323 g/mol. The average Bonchev–Trinajstić information content (AvgIpc) is 2.44. The van der Waals surface area contributed by atoms with Crippen LogP contribution in [0.5, 0.6) is 0 Å². The molecule has 0 aromatic rings. The van der Waals surface area contributed by atoms with E-state index in [1.807, 2.05) is 0 Å². The number of carbonyl (C=O) groups is 1. The molecule has 1 aliphatic rings. The van der Waals surface area contributed by atoms with Crippen molar-refractivity contribution in [3.05, 3.63) is 23.4 Å². The van der Waals surface area contributed by atoms with Gasteiger partial charge in [-0.15, -0.1) is 0 Å². The summed E-state index contributed by atoms with van der Waals surface area (Å²) in [6, 6.07) is 0. The number of allylic oxidation sites excluding steroid dienone is 1. The fourth-order valence-corrected chi connectivity index (χ4v) is 3.39. The second kappa shape index (κ2) is 9.46. The molecule has 22 heavy (non-hydrogen) atoms. The van der Waals surface area contributed by atoms with Gasteiger partial charge in [0, 0.05) is 18.7 Å². The molecular formula is C16H25N3O2S. The van der Waals surface area contributed by atoms with Gasteiger partial charge in [0.05, 0.1) is 16.5 Å². The highest BCUT2D eigenvalue weighted by molar-refractivity contribution is 8.17. The van der Waals surface area contributed by atoms with E-state index in [1.54, 1.807) is 7.05 Å². The second-order valence-electron chi connectivity index (χ2n) is 5.47. The van der Waals surface area contributed by atoms with Gasteiger partial charge >= 0.3 is 0 Å². The van der Waals surface area contributed by atoms with Crippen LogP contribution in [0.3, 0.4) is 0 Å². The third kappa shape index (κ3) is 6.93. The minimum Gasteiger partial charge on any atom is -0.512 e. The van der Waals surface area contributed by atoms with E-state index in [0.29, 0.717) is 10.9 Å². The zero-order chi connectivity index (χ0) is 16.5. The lowest BCUT2D eigenvalue weighted by Crippen LogP contribution is -2.23. The van der Waals surface area contributed by atoms with Crippen molar-refractivity contribution in [2.75, 3.05) is 7.05 Å². The van der Waals surface area contributed by atoms with Gasteiger partial charge in [-0.05, 0) is 25.8 Å². The predicted octanol–water partition coefficient (Wildman–Crippen LogP) is 3.79. The van der Waals surface area contributed by atoms with E-state index in [1.165, 1.54) is 44.0 Å². The molecule has 0 spiro atoms. The molecule has 6 heteroatoms. The number of amides is 1.